The molecule has 0 spiro atoms. The lowest BCUT2D eigenvalue weighted by Gasteiger charge is -2.34. The van der Waals surface area contributed by atoms with Crippen LogP contribution in [0.5, 0.6) is 0 Å². The standard InChI is InChI=1S/C20H33N7O3S/c1-3-10-31-20-22-18(21-11-12-6-5-9-26(12)4-2)15-19(23-20)27(25-24-15)13-7-8-14(28)17(30)16(13)29/h12-14,16-17,28-30H,3-11H2,1-2H3,(H,21,22,23)/t12?,13-,14+,16+,17-/m1/s1. The zero-order valence-corrected chi connectivity index (χ0v) is 19.0. The van der Waals surface area contributed by atoms with E-state index in [1.807, 2.05) is 0 Å². The molecule has 11 heteroatoms. The van der Waals surface area contributed by atoms with Gasteiger partial charge < -0.3 is 20.6 Å². The van der Waals surface area contributed by atoms with Crippen LogP contribution in [0.25, 0.3) is 11.2 Å². The van der Waals surface area contributed by atoms with Gasteiger partial charge >= 0.3 is 0 Å². The molecule has 1 aliphatic heterocycles. The lowest BCUT2D eigenvalue weighted by molar-refractivity contribution is -0.107. The van der Waals surface area contributed by atoms with Gasteiger partial charge in [-0.15, -0.1) is 5.10 Å². The van der Waals surface area contributed by atoms with Crippen molar-refractivity contribution in [3.8, 4) is 0 Å². The minimum atomic E-state index is -1.21. The van der Waals surface area contributed by atoms with Gasteiger partial charge in [0.2, 0.25) is 0 Å². The quantitative estimate of drug-likeness (QED) is 0.341. The van der Waals surface area contributed by atoms with Crippen molar-refractivity contribution in [1.29, 1.82) is 0 Å². The van der Waals surface area contributed by atoms with Crippen molar-refractivity contribution in [3.05, 3.63) is 0 Å². The largest absolute Gasteiger partial charge is 0.390 e. The summed E-state index contributed by atoms with van der Waals surface area (Å²) in [5, 5.41) is 43.3. The average molecular weight is 452 g/mol. The number of likely N-dealkylation sites (N-methyl/N-ethyl adjacent to an activating group) is 1. The lowest BCUT2D eigenvalue weighted by atomic mass is 9.88. The van der Waals surface area contributed by atoms with Crippen LogP contribution in [-0.2, 0) is 0 Å². The molecular formula is C20H33N7O3S. The molecule has 0 amide bonds. The van der Waals surface area contributed by atoms with Gasteiger partial charge in [-0.25, -0.2) is 14.6 Å². The van der Waals surface area contributed by atoms with Gasteiger partial charge in [-0.05, 0) is 45.2 Å². The van der Waals surface area contributed by atoms with Gasteiger partial charge in [-0.1, -0.05) is 30.8 Å². The smallest absolute Gasteiger partial charge is 0.191 e. The Morgan fingerprint density at radius 3 is 2.71 bits per heavy atom. The van der Waals surface area contributed by atoms with Crippen LogP contribution in [0.4, 0.5) is 5.82 Å². The van der Waals surface area contributed by atoms with Crippen molar-refractivity contribution in [1.82, 2.24) is 29.9 Å². The summed E-state index contributed by atoms with van der Waals surface area (Å²) >= 11 is 1.58. The minimum Gasteiger partial charge on any atom is -0.390 e. The molecular weight excluding hydrogens is 418 g/mol. The first kappa shape index (κ1) is 22.7. The molecule has 1 saturated carbocycles. The van der Waals surface area contributed by atoms with E-state index in [2.05, 4.69) is 39.4 Å². The summed E-state index contributed by atoms with van der Waals surface area (Å²) < 4.78 is 1.59. The van der Waals surface area contributed by atoms with E-state index in [0.29, 0.717) is 41.0 Å². The number of nitrogens with zero attached hydrogens (tertiary/aromatic N) is 6. The number of hydrogen-bond acceptors (Lipinski definition) is 10. The van der Waals surface area contributed by atoms with Crippen molar-refractivity contribution < 1.29 is 15.3 Å². The van der Waals surface area contributed by atoms with E-state index in [4.69, 9.17) is 4.98 Å². The predicted molar refractivity (Wildman–Crippen MR) is 119 cm³/mol. The maximum atomic E-state index is 10.6. The number of hydrogen-bond donors (Lipinski definition) is 4. The number of rotatable bonds is 8. The summed E-state index contributed by atoms with van der Waals surface area (Å²) in [5.74, 6) is 1.55. The molecule has 4 N–H and O–H groups in total. The second-order valence-electron chi connectivity index (χ2n) is 8.41. The molecule has 172 valence electrons. The van der Waals surface area contributed by atoms with Gasteiger partial charge in [0.05, 0.1) is 12.1 Å². The van der Waals surface area contributed by atoms with Crippen LogP contribution in [0.15, 0.2) is 5.16 Å². The van der Waals surface area contributed by atoms with Crippen LogP contribution in [-0.4, -0.2) is 94.9 Å². The number of likely N-dealkylation sites (tertiary alicyclic amines) is 1. The minimum absolute atomic E-state index is 0.381. The van der Waals surface area contributed by atoms with E-state index in [0.717, 1.165) is 38.2 Å². The Balaban J connectivity index is 1.64. The zero-order valence-electron chi connectivity index (χ0n) is 18.2. The second kappa shape index (κ2) is 9.95. The average Bonchev–Trinajstić information content (AvgIpc) is 3.41. The van der Waals surface area contributed by atoms with Gasteiger partial charge in [0.25, 0.3) is 0 Å². The Kier molecular flexibility index (Phi) is 7.27. The molecule has 3 heterocycles. The van der Waals surface area contributed by atoms with Crippen molar-refractivity contribution >= 4 is 28.7 Å². The molecule has 1 aliphatic carbocycles. The van der Waals surface area contributed by atoms with Crippen LogP contribution in [0.2, 0.25) is 0 Å². The van der Waals surface area contributed by atoms with E-state index in [9.17, 15) is 15.3 Å². The number of aromatic nitrogens is 5. The molecule has 2 fully saturated rings. The van der Waals surface area contributed by atoms with Crippen LogP contribution in [0, 0.1) is 0 Å². The van der Waals surface area contributed by atoms with Gasteiger partial charge in [0.1, 0.15) is 12.2 Å². The highest BCUT2D eigenvalue weighted by atomic mass is 32.2. The van der Waals surface area contributed by atoms with E-state index in [1.54, 1.807) is 16.4 Å². The predicted octanol–water partition coefficient (Wildman–Crippen LogP) is 1.04. The molecule has 10 nitrogen and oxygen atoms in total. The lowest BCUT2D eigenvalue weighted by Crippen LogP contribution is -2.47. The number of thioether (sulfide) groups is 1. The molecule has 0 bridgehead atoms. The fraction of sp³-hybridized carbons (Fsp3) is 0.800. The van der Waals surface area contributed by atoms with Crippen LogP contribution >= 0.6 is 11.8 Å². The van der Waals surface area contributed by atoms with Crippen LogP contribution in [0.3, 0.4) is 0 Å². The third kappa shape index (κ3) is 4.65. The summed E-state index contributed by atoms with van der Waals surface area (Å²) in [4.78, 5) is 11.9. The monoisotopic (exact) mass is 451 g/mol. The maximum absolute atomic E-state index is 10.6. The highest BCUT2D eigenvalue weighted by Crippen LogP contribution is 2.32. The van der Waals surface area contributed by atoms with Gasteiger partial charge in [-0.3, -0.25) is 4.90 Å². The highest BCUT2D eigenvalue weighted by Gasteiger charge is 2.39. The fourth-order valence-electron chi connectivity index (χ4n) is 4.58. The van der Waals surface area contributed by atoms with E-state index in [1.165, 1.54) is 6.42 Å². The topological polar surface area (TPSA) is 132 Å². The molecule has 1 unspecified atom stereocenters. The molecule has 2 aromatic rings. The molecule has 4 rings (SSSR count). The van der Waals surface area contributed by atoms with Crippen molar-refractivity contribution in [2.24, 2.45) is 0 Å². The SMILES string of the molecule is CCCSc1nc(NCC2CCCN2CC)c2nnn([C@@H]3CC[C@H](O)[C@@H](O)[C@H]3O)c2n1. The van der Waals surface area contributed by atoms with Crippen LogP contribution in [0.1, 0.15) is 52.0 Å². The molecule has 1 saturated heterocycles. The Labute approximate surface area is 186 Å². The molecule has 0 aromatic carbocycles. The third-order valence-electron chi connectivity index (χ3n) is 6.36. The summed E-state index contributed by atoms with van der Waals surface area (Å²) in [7, 11) is 0. The Hall–Kier alpha value is -1.53. The first-order valence-electron chi connectivity index (χ1n) is 11.3. The number of fused-ring (bicyclic) bond motifs is 1. The fourth-order valence-corrected chi connectivity index (χ4v) is 5.27. The summed E-state index contributed by atoms with van der Waals surface area (Å²) in [6.07, 6.45) is 0.954. The van der Waals surface area contributed by atoms with Crippen LogP contribution < -0.4 is 5.32 Å². The summed E-state index contributed by atoms with van der Waals surface area (Å²) in [5.41, 5.74) is 1.11. The molecule has 2 aromatic heterocycles. The zero-order chi connectivity index (χ0) is 22.0. The molecule has 0 radical (unpaired) electrons. The normalized spacial score (nSPS) is 29.6. The summed E-state index contributed by atoms with van der Waals surface area (Å²) in [6, 6.07) is -0.0332. The van der Waals surface area contributed by atoms with Gasteiger partial charge in [0.15, 0.2) is 22.1 Å². The van der Waals surface area contributed by atoms with Gasteiger partial charge in [-0.2, -0.15) is 0 Å². The van der Waals surface area contributed by atoms with E-state index < -0.39 is 24.4 Å². The second-order valence-corrected chi connectivity index (χ2v) is 9.47. The Morgan fingerprint density at radius 1 is 1.10 bits per heavy atom. The number of anilines is 1. The first-order chi connectivity index (χ1) is 15.0. The molecule has 5 atom stereocenters. The maximum Gasteiger partial charge on any atom is 0.191 e. The van der Waals surface area contributed by atoms with Crippen molar-refractivity contribution in [2.75, 3.05) is 30.7 Å². The summed E-state index contributed by atoms with van der Waals surface area (Å²) in [6.45, 7) is 7.24. The highest BCUT2D eigenvalue weighted by molar-refractivity contribution is 7.99. The van der Waals surface area contributed by atoms with Gasteiger partial charge in [0, 0.05) is 18.3 Å². The Morgan fingerprint density at radius 2 is 1.94 bits per heavy atom. The Bertz CT molecular complexity index is 882. The number of aliphatic hydroxyl groups is 3. The molecule has 31 heavy (non-hydrogen) atoms. The third-order valence-corrected chi connectivity index (χ3v) is 7.41. The number of nitrogens with one attached hydrogen (secondary N) is 1. The van der Waals surface area contributed by atoms with Crippen molar-refractivity contribution in [2.45, 2.75) is 81.5 Å². The number of aliphatic hydroxyl groups excluding tert-OH is 3. The van der Waals surface area contributed by atoms with E-state index in [-0.39, 0.29) is 0 Å². The van der Waals surface area contributed by atoms with Crippen molar-refractivity contribution in [3.63, 3.8) is 0 Å². The molecule has 2 aliphatic rings. The first-order valence-corrected chi connectivity index (χ1v) is 12.3. The van der Waals surface area contributed by atoms with E-state index >= 15 is 0 Å².